The summed E-state index contributed by atoms with van der Waals surface area (Å²) in [4.78, 5) is 12.6. The van der Waals surface area contributed by atoms with Gasteiger partial charge in [0.15, 0.2) is 0 Å². The van der Waals surface area contributed by atoms with Crippen LogP contribution in [-0.2, 0) is 11.4 Å². The zero-order valence-corrected chi connectivity index (χ0v) is 19.9. The average Bonchev–Trinajstić information content (AvgIpc) is 2.74. The predicted molar refractivity (Wildman–Crippen MR) is 133 cm³/mol. The number of hydrogen-bond acceptors (Lipinski definition) is 3. The van der Waals surface area contributed by atoms with Gasteiger partial charge in [-0.3, -0.25) is 4.79 Å². The minimum absolute atomic E-state index is 0.0439. The SMILES string of the molecule is Cc1cccc(COc2ccc(/C=C(\C#N)C(=O)Nc3ccc(C)c(C)c3)cc2I)c1. The number of ether oxygens (including phenoxy) is 1. The molecule has 3 rings (SSSR count). The van der Waals surface area contributed by atoms with Gasteiger partial charge in [-0.1, -0.05) is 42.0 Å². The molecule has 3 aromatic carbocycles. The van der Waals surface area contributed by atoms with Gasteiger partial charge >= 0.3 is 0 Å². The van der Waals surface area contributed by atoms with E-state index in [9.17, 15) is 10.1 Å². The molecule has 0 spiro atoms. The van der Waals surface area contributed by atoms with Crippen LogP contribution in [0.25, 0.3) is 6.08 Å². The first-order valence-electron chi connectivity index (χ1n) is 9.84. The summed E-state index contributed by atoms with van der Waals surface area (Å²) < 4.78 is 6.85. The summed E-state index contributed by atoms with van der Waals surface area (Å²) in [5, 5.41) is 12.3. The number of carbonyl (C=O) groups excluding carboxylic acids is 1. The summed E-state index contributed by atoms with van der Waals surface area (Å²) in [6, 6.07) is 21.5. The molecule has 31 heavy (non-hydrogen) atoms. The summed E-state index contributed by atoms with van der Waals surface area (Å²) in [5.41, 5.74) is 6.00. The minimum Gasteiger partial charge on any atom is -0.488 e. The van der Waals surface area contributed by atoms with Gasteiger partial charge in [0.1, 0.15) is 24.0 Å². The molecular weight excluding hydrogens is 499 g/mol. The Bertz CT molecular complexity index is 1190. The standard InChI is InChI=1S/C26H23IN2O2/c1-17-5-4-6-21(11-17)16-31-25-10-8-20(14-24(25)27)13-22(15-28)26(30)29-23-9-7-18(2)19(3)12-23/h4-14H,16H2,1-3H3,(H,29,30)/b22-13+. The second-order valence-corrected chi connectivity index (χ2v) is 8.55. The van der Waals surface area contributed by atoms with E-state index in [-0.39, 0.29) is 5.57 Å². The molecule has 0 fully saturated rings. The molecule has 0 saturated heterocycles. The number of nitrogens with one attached hydrogen (secondary N) is 1. The Kier molecular flexibility index (Phi) is 7.48. The van der Waals surface area contributed by atoms with Crippen molar-refractivity contribution in [2.45, 2.75) is 27.4 Å². The van der Waals surface area contributed by atoms with Crippen LogP contribution in [0.4, 0.5) is 5.69 Å². The summed E-state index contributed by atoms with van der Waals surface area (Å²) in [5.74, 6) is 0.331. The lowest BCUT2D eigenvalue weighted by Gasteiger charge is -2.10. The molecular formula is C26H23IN2O2. The van der Waals surface area contributed by atoms with Gasteiger partial charge in [0.2, 0.25) is 0 Å². The number of amides is 1. The zero-order chi connectivity index (χ0) is 22.4. The van der Waals surface area contributed by atoms with Crippen molar-refractivity contribution in [3.8, 4) is 11.8 Å². The highest BCUT2D eigenvalue weighted by Crippen LogP contribution is 2.25. The van der Waals surface area contributed by atoms with E-state index in [4.69, 9.17) is 4.74 Å². The molecule has 0 aliphatic carbocycles. The van der Waals surface area contributed by atoms with Gasteiger partial charge in [0.05, 0.1) is 3.57 Å². The number of nitriles is 1. The average molecular weight is 522 g/mol. The van der Waals surface area contributed by atoms with Crippen molar-refractivity contribution in [3.05, 3.63) is 97.6 Å². The molecule has 5 heteroatoms. The number of hydrogen-bond donors (Lipinski definition) is 1. The van der Waals surface area contributed by atoms with Gasteiger partial charge in [-0.15, -0.1) is 0 Å². The van der Waals surface area contributed by atoms with E-state index in [2.05, 4.69) is 47.0 Å². The fourth-order valence-corrected chi connectivity index (χ4v) is 3.71. The first kappa shape index (κ1) is 22.6. The van der Waals surface area contributed by atoms with E-state index in [1.807, 2.05) is 68.4 Å². The third-order valence-corrected chi connectivity index (χ3v) is 5.72. The first-order chi connectivity index (χ1) is 14.9. The van der Waals surface area contributed by atoms with Crippen LogP contribution in [0.5, 0.6) is 5.75 Å². The Morgan fingerprint density at radius 3 is 2.55 bits per heavy atom. The van der Waals surface area contributed by atoms with Crippen molar-refractivity contribution >= 4 is 40.3 Å². The van der Waals surface area contributed by atoms with E-state index < -0.39 is 5.91 Å². The maximum atomic E-state index is 12.6. The fraction of sp³-hybridized carbons (Fsp3) is 0.154. The smallest absolute Gasteiger partial charge is 0.266 e. The maximum absolute atomic E-state index is 12.6. The molecule has 1 N–H and O–H groups in total. The number of rotatable bonds is 6. The molecule has 1 amide bonds. The van der Waals surface area contributed by atoms with Crippen LogP contribution in [0.2, 0.25) is 0 Å². The Labute approximate surface area is 196 Å². The van der Waals surface area contributed by atoms with Gasteiger partial charge in [-0.05, 0) is 96.0 Å². The first-order valence-corrected chi connectivity index (χ1v) is 10.9. The van der Waals surface area contributed by atoms with E-state index in [1.165, 1.54) is 5.56 Å². The van der Waals surface area contributed by atoms with Crippen LogP contribution < -0.4 is 10.1 Å². The van der Waals surface area contributed by atoms with E-state index in [1.54, 1.807) is 6.08 Å². The van der Waals surface area contributed by atoms with Crippen molar-refractivity contribution in [3.63, 3.8) is 0 Å². The van der Waals surface area contributed by atoms with E-state index >= 15 is 0 Å². The third-order valence-electron chi connectivity index (χ3n) is 4.87. The summed E-state index contributed by atoms with van der Waals surface area (Å²) in [7, 11) is 0. The number of halogens is 1. The van der Waals surface area contributed by atoms with Crippen LogP contribution in [0.1, 0.15) is 27.8 Å². The second kappa shape index (κ2) is 10.3. The van der Waals surface area contributed by atoms with Crippen molar-refractivity contribution in [1.29, 1.82) is 5.26 Å². The van der Waals surface area contributed by atoms with Crippen molar-refractivity contribution in [2.24, 2.45) is 0 Å². The molecule has 0 bridgehead atoms. The quantitative estimate of drug-likeness (QED) is 0.234. The lowest BCUT2D eigenvalue weighted by molar-refractivity contribution is -0.112. The molecule has 0 aliphatic heterocycles. The van der Waals surface area contributed by atoms with Gasteiger partial charge in [0.25, 0.3) is 5.91 Å². The molecule has 0 saturated carbocycles. The number of nitrogens with zero attached hydrogens (tertiary/aromatic N) is 1. The molecule has 0 unspecified atom stereocenters. The Balaban J connectivity index is 1.71. The number of benzene rings is 3. The van der Waals surface area contributed by atoms with Crippen LogP contribution in [0.3, 0.4) is 0 Å². The van der Waals surface area contributed by atoms with Gasteiger partial charge in [-0.25, -0.2) is 0 Å². The van der Waals surface area contributed by atoms with Crippen molar-refractivity contribution in [2.75, 3.05) is 5.32 Å². The lowest BCUT2D eigenvalue weighted by Crippen LogP contribution is -2.13. The van der Waals surface area contributed by atoms with Crippen molar-refractivity contribution < 1.29 is 9.53 Å². The highest BCUT2D eigenvalue weighted by molar-refractivity contribution is 14.1. The van der Waals surface area contributed by atoms with Crippen LogP contribution >= 0.6 is 22.6 Å². The lowest BCUT2D eigenvalue weighted by atomic mass is 10.1. The predicted octanol–water partition coefficient (Wildman–Crippen LogP) is 6.34. The molecule has 0 heterocycles. The summed E-state index contributed by atoms with van der Waals surface area (Å²) >= 11 is 2.20. The number of carbonyl (C=O) groups is 1. The third kappa shape index (κ3) is 6.19. The van der Waals surface area contributed by atoms with Crippen molar-refractivity contribution in [1.82, 2.24) is 0 Å². The monoisotopic (exact) mass is 522 g/mol. The Morgan fingerprint density at radius 1 is 1.06 bits per heavy atom. The largest absolute Gasteiger partial charge is 0.488 e. The Hall–Kier alpha value is -3.11. The molecule has 4 nitrogen and oxygen atoms in total. The highest BCUT2D eigenvalue weighted by Gasteiger charge is 2.11. The van der Waals surface area contributed by atoms with E-state index in [0.717, 1.165) is 31.6 Å². The molecule has 0 aromatic heterocycles. The van der Waals surface area contributed by atoms with Crippen LogP contribution in [0.15, 0.2) is 66.2 Å². The molecule has 0 aliphatic rings. The Morgan fingerprint density at radius 2 is 1.87 bits per heavy atom. The van der Waals surface area contributed by atoms with E-state index in [0.29, 0.717) is 12.3 Å². The normalized spacial score (nSPS) is 11.0. The minimum atomic E-state index is -0.430. The zero-order valence-electron chi connectivity index (χ0n) is 17.7. The van der Waals surface area contributed by atoms with Crippen LogP contribution in [-0.4, -0.2) is 5.91 Å². The summed E-state index contributed by atoms with van der Waals surface area (Å²) in [6.45, 7) is 6.53. The van der Waals surface area contributed by atoms with Gasteiger partial charge < -0.3 is 10.1 Å². The molecule has 3 aromatic rings. The second-order valence-electron chi connectivity index (χ2n) is 7.39. The maximum Gasteiger partial charge on any atom is 0.266 e. The number of anilines is 1. The highest BCUT2D eigenvalue weighted by atomic mass is 127. The van der Waals surface area contributed by atoms with Gasteiger partial charge in [0, 0.05) is 5.69 Å². The van der Waals surface area contributed by atoms with Gasteiger partial charge in [-0.2, -0.15) is 5.26 Å². The topological polar surface area (TPSA) is 62.1 Å². The summed E-state index contributed by atoms with van der Waals surface area (Å²) in [6.07, 6.45) is 1.59. The molecule has 0 radical (unpaired) electrons. The fourth-order valence-electron chi connectivity index (χ4n) is 3.02. The van der Waals surface area contributed by atoms with Crippen LogP contribution in [0, 0.1) is 35.7 Å². The molecule has 0 atom stereocenters. The number of aryl methyl sites for hydroxylation is 3. The molecule has 156 valence electrons.